The first-order valence-electron chi connectivity index (χ1n) is 7.27. The van der Waals surface area contributed by atoms with Crippen molar-refractivity contribution in [3.63, 3.8) is 0 Å². The number of hydrogen-bond donors (Lipinski definition) is 1. The summed E-state index contributed by atoms with van der Waals surface area (Å²) in [5, 5.41) is 3.57. The van der Waals surface area contributed by atoms with Crippen molar-refractivity contribution in [1.29, 1.82) is 0 Å². The quantitative estimate of drug-likeness (QED) is 0.689. The number of hydrogen-bond acceptors (Lipinski definition) is 2. The van der Waals surface area contributed by atoms with E-state index >= 15 is 0 Å². The molecule has 0 aromatic rings. The molecule has 1 saturated heterocycles. The molecule has 2 nitrogen and oxygen atoms in total. The lowest BCUT2D eigenvalue weighted by molar-refractivity contribution is 0.0929. The molecule has 16 heavy (non-hydrogen) atoms. The predicted octanol–water partition coefficient (Wildman–Crippen LogP) is 2.78. The van der Waals surface area contributed by atoms with Crippen LogP contribution in [0.1, 0.15) is 58.8 Å². The summed E-state index contributed by atoms with van der Waals surface area (Å²) in [5.74, 6) is 0. The lowest BCUT2D eigenvalue weighted by atomic mass is 10.0. The Bertz CT molecular complexity index is 185. The molecule has 1 saturated carbocycles. The molecule has 1 aliphatic heterocycles. The third-order valence-corrected chi connectivity index (χ3v) is 4.44. The smallest absolute Gasteiger partial charge is 0.0198 e. The Morgan fingerprint density at radius 1 is 0.875 bits per heavy atom. The van der Waals surface area contributed by atoms with Crippen LogP contribution < -0.4 is 5.32 Å². The fourth-order valence-electron chi connectivity index (χ4n) is 3.59. The van der Waals surface area contributed by atoms with Crippen molar-refractivity contribution >= 4 is 0 Å². The molecule has 1 aliphatic carbocycles. The maximum Gasteiger partial charge on any atom is 0.0198 e. The van der Waals surface area contributed by atoms with Crippen molar-refractivity contribution < 1.29 is 0 Å². The van der Waals surface area contributed by atoms with E-state index in [4.69, 9.17) is 0 Å². The molecule has 0 radical (unpaired) electrons. The van der Waals surface area contributed by atoms with Gasteiger partial charge in [0.2, 0.25) is 0 Å². The molecule has 2 aliphatic rings. The van der Waals surface area contributed by atoms with Gasteiger partial charge in [0.25, 0.3) is 0 Å². The van der Waals surface area contributed by atoms with E-state index in [2.05, 4.69) is 24.1 Å². The van der Waals surface area contributed by atoms with E-state index in [0.29, 0.717) is 0 Å². The largest absolute Gasteiger partial charge is 0.315 e. The van der Waals surface area contributed by atoms with Crippen molar-refractivity contribution in [1.82, 2.24) is 10.2 Å². The molecule has 94 valence electrons. The summed E-state index contributed by atoms with van der Waals surface area (Å²) in [4.78, 5) is 2.82. The van der Waals surface area contributed by atoms with Gasteiger partial charge in [-0.1, -0.05) is 25.7 Å². The lowest BCUT2D eigenvalue weighted by Crippen LogP contribution is -2.48. The Labute approximate surface area is 101 Å². The van der Waals surface area contributed by atoms with Crippen LogP contribution in [0.2, 0.25) is 0 Å². The molecule has 0 bridgehead atoms. The van der Waals surface area contributed by atoms with E-state index in [1.807, 2.05) is 0 Å². The molecule has 0 aromatic heterocycles. The molecule has 2 unspecified atom stereocenters. The maximum absolute atomic E-state index is 3.57. The van der Waals surface area contributed by atoms with Crippen molar-refractivity contribution in [2.75, 3.05) is 13.1 Å². The van der Waals surface area contributed by atoms with Gasteiger partial charge in [0.1, 0.15) is 0 Å². The van der Waals surface area contributed by atoms with Gasteiger partial charge < -0.3 is 5.32 Å². The summed E-state index contributed by atoms with van der Waals surface area (Å²) < 4.78 is 0. The first-order chi connectivity index (χ1) is 7.79. The Morgan fingerprint density at radius 3 is 2.25 bits per heavy atom. The Morgan fingerprint density at radius 2 is 1.56 bits per heavy atom. The van der Waals surface area contributed by atoms with Gasteiger partial charge in [-0.05, 0) is 39.7 Å². The molecular formula is C14H28N2. The fraction of sp³-hybridized carbons (Fsp3) is 1.00. The topological polar surface area (TPSA) is 15.3 Å². The van der Waals surface area contributed by atoms with Crippen LogP contribution in [0.3, 0.4) is 0 Å². The lowest BCUT2D eigenvalue weighted by Gasteiger charge is -2.39. The molecular weight excluding hydrogens is 196 g/mol. The normalized spacial score (nSPS) is 35.6. The zero-order valence-corrected chi connectivity index (χ0v) is 11.0. The Kier molecular flexibility index (Phi) is 4.66. The van der Waals surface area contributed by atoms with Crippen molar-refractivity contribution in [2.45, 2.75) is 76.9 Å². The van der Waals surface area contributed by atoms with Crippen molar-refractivity contribution in [2.24, 2.45) is 0 Å². The SMILES string of the molecule is CC1CCNCC(C)N1C1CCCCCC1. The summed E-state index contributed by atoms with van der Waals surface area (Å²) in [7, 11) is 0. The van der Waals surface area contributed by atoms with Gasteiger partial charge in [-0.25, -0.2) is 0 Å². The van der Waals surface area contributed by atoms with E-state index in [0.717, 1.165) is 18.1 Å². The summed E-state index contributed by atoms with van der Waals surface area (Å²) in [6.07, 6.45) is 10.0. The van der Waals surface area contributed by atoms with E-state index in [1.54, 1.807) is 0 Å². The Hall–Kier alpha value is -0.0800. The van der Waals surface area contributed by atoms with Crippen molar-refractivity contribution in [3.8, 4) is 0 Å². The van der Waals surface area contributed by atoms with Crippen LogP contribution in [0.25, 0.3) is 0 Å². The third kappa shape index (κ3) is 2.98. The van der Waals surface area contributed by atoms with E-state index < -0.39 is 0 Å². The zero-order valence-electron chi connectivity index (χ0n) is 11.0. The molecule has 1 heterocycles. The van der Waals surface area contributed by atoms with Gasteiger partial charge in [-0.3, -0.25) is 4.90 Å². The first kappa shape index (κ1) is 12.4. The molecule has 2 heteroatoms. The minimum atomic E-state index is 0.723. The molecule has 2 atom stereocenters. The van der Waals surface area contributed by atoms with E-state index in [9.17, 15) is 0 Å². The summed E-state index contributed by atoms with van der Waals surface area (Å²) in [5.41, 5.74) is 0. The average molecular weight is 224 g/mol. The highest BCUT2D eigenvalue weighted by Gasteiger charge is 2.29. The second-order valence-corrected chi connectivity index (χ2v) is 5.78. The maximum atomic E-state index is 3.57. The van der Waals surface area contributed by atoms with E-state index in [1.165, 1.54) is 58.0 Å². The van der Waals surface area contributed by atoms with Gasteiger partial charge in [-0.15, -0.1) is 0 Å². The van der Waals surface area contributed by atoms with Gasteiger partial charge in [0, 0.05) is 24.7 Å². The van der Waals surface area contributed by atoms with Crippen molar-refractivity contribution in [3.05, 3.63) is 0 Å². The number of rotatable bonds is 1. The summed E-state index contributed by atoms with van der Waals surface area (Å²) in [6.45, 7) is 7.21. The van der Waals surface area contributed by atoms with Crippen LogP contribution >= 0.6 is 0 Å². The molecule has 0 spiro atoms. The Balaban J connectivity index is 2.01. The highest BCUT2D eigenvalue weighted by Crippen LogP contribution is 2.26. The minimum Gasteiger partial charge on any atom is -0.315 e. The third-order valence-electron chi connectivity index (χ3n) is 4.44. The summed E-state index contributed by atoms with van der Waals surface area (Å²) >= 11 is 0. The van der Waals surface area contributed by atoms with Crippen LogP contribution in [-0.4, -0.2) is 36.1 Å². The standard InChI is InChI=1S/C14H28N2/c1-12-9-10-15-11-13(2)16(12)14-7-5-3-4-6-8-14/h12-15H,3-11H2,1-2H3. The van der Waals surface area contributed by atoms with Gasteiger partial charge in [0.05, 0.1) is 0 Å². The molecule has 2 fully saturated rings. The van der Waals surface area contributed by atoms with Gasteiger partial charge in [0.15, 0.2) is 0 Å². The van der Waals surface area contributed by atoms with Crippen LogP contribution in [0.5, 0.6) is 0 Å². The summed E-state index contributed by atoms with van der Waals surface area (Å²) in [6, 6.07) is 2.36. The predicted molar refractivity (Wildman–Crippen MR) is 69.7 cm³/mol. The molecule has 0 aromatic carbocycles. The van der Waals surface area contributed by atoms with Crippen LogP contribution in [0.4, 0.5) is 0 Å². The van der Waals surface area contributed by atoms with Crippen LogP contribution in [-0.2, 0) is 0 Å². The number of nitrogens with one attached hydrogen (secondary N) is 1. The second kappa shape index (κ2) is 6.02. The van der Waals surface area contributed by atoms with Crippen LogP contribution in [0.15, 0.2) is 0 Å². The van der Waals surface area contributed by atoms with Crippen LogP contribution in [0, 0.1) is 0 Å². The molecule has 0 amide bonds. The first-order valence-corrected chi connectivity index (χ1v) is 7.27. The van der Waals surface area contributed by atoms with Gasteiger partial charge in [-0.2, -0.15) is 0 Å². The average Bonchev–Trinajstić information content (AvgIpc) is 2.60. The number of nitrogens with zero attached hydrogens (tertiary/aromatic N) is 1. The minimum absolute atomic E-state index is 0.723. The van der Waals surface area contributed by atoms with Gasteiger partial charge >= 0.3 is 0 Å². The monoisotopic (exact) mass is 224 g/mol. The highest BCUT2D eigenvalue weighted by molar-refractivity contribution is 4.86. The highest BCUT2D eigenvalue weighted by atomic mass is 15.2. The second-order valence-electron chi connectivity index (χ2n) is 5.78. The molecule has 2 rings (SSSR count). The fourth-order valence-corrected chi connectivity index (χ4v) is 3.59. The zero-order chi connectivity index (χ0) is 11.4. The van der Waals surface area contributed by atoms with E-state index in [-0.39, 0.29) is 0 Å². The molecule has 1 N–H and O–H groups in total.